The lowest BCUT2D eigenvalue weighted by atomic mass is 10.2. The molecule has 0 aromatic carbocycles. The van der Waals surface area contributed by atoms with Gasteiger partial charge in [0.1, 0.15) is 0 Å². The number of allylic oxidation sites excluding steroid dienone is 1. The van der Waals surface area contributed by atoms with Crippen molar-refractivity contribution in [2.24, 2.45) is 0 Å². The Morgan fingerprint density at radius 1 is 1.42 bits per heavy atom. The molecule has 72 valence electrons. The van der Waals surface area contributed by atoms with Crippen molar-refractivity contribution < 1.29 is 5.21 Å². The second kappa shape index (κ2) is 7.13. The molecule has 0 aliphatic rings. The maximum atomic E-state index is 9.20. The lowest BCUT2D eigenvalue weighted by Gasteiger charge is -2.15. The van der Waals surface area contributed by atoms with E-state index >= 15 is 0 Å². The molecule has 0 fully saturated rings. The van der Waals surface area contributed by atoms with Crippen molar-refractivity contribution in [1.82, 2.24) is 10.4 Å². The van der Waals surface area contributed by atoms with Gasteiger partial charge in [-0.15, -0.1) is 0 Å². The Morgan fingerprint density at radius 3 is 2.58 bits per heavy atom. The molecule has 3 heteroatoms. The van der Waals surface area contributed by atoms with E-state index in [1.807, 2.05) is 7.05 Å². The zero-order valence-electron chi connectivity index (χ0n) is 8.14. The van der Waals surface area contributed by atoms with Gasteiger partial charge in [0.15, 0.2) is 0 Å². The molecule has 0 radical (unpaired) electrons. The van der Waals surface area contributed by atoms with Gasteiger partial charge in [-0.05, 0) is 33.4 Å². The summed E-state index contributed by atoms with van der Waals surface area (Å²) in [5, 5.41) is 13.5. The highest BCUT2D eigenvalue weighted by molar-refractivity contribution is 4.82. The highest BCUT2D eigenvalue weighted by Crippen LogP contribution is 2.00. The van der Waals surface area contributed by atoms with Gasteiger partial charge in [0, 0.05) is 12.2 Å². The van der Waals surface area contributed by atoms with Crippen LogP contribution in [-0.4, -0.2) is 30.4 Å². The molecular formula is C9H20N2O. The van der Waals surface area contributed by atoms with Crippen LogP contribution in [0, 0.1) is 0 Å². The molecule has 0 saturated carbocycles. The van der Waals surface area contributed by atoms with Crippen LogP contribution in [0.15, 0.2) is 12.3 Å². The van der Waals surface area contributed by atoms with Gasteiger partial charge in [-0.3, -0.25) is 10.3 Å². The Balaban J connectivity index is 3.14. The molecule has 0 amide bonds. The van der Waals surface area contributed by atoms with Gasteiger partial charge in [-0.2, -0.15) is 0 Å². The fourth-order valence-electron chi connectivity index (χ4n) is 0.931. The zero-order chi connectivity index (χ0) is 9.40. The van der Waals surface area contributed by atoms with E-state index in [4.69, 9.17) is 0 Å². The van der Waals surface area contributed by atoms with Gasteiger partial charge in [0.2, 0.25) is 0 Å². The summed E-state index contributed by atoms with van der Waals surface area (Å²) in [6.07, 6.45) is 3.33. The van der Waals surface area contributed by atoms with Crippen molar-refractivity contribution in [1.29, 1.82) is 0 Å². The van der Waals surface area contributed by atoms with E-state index < -0.39 is 0 Å². The topological polar surface area (TPSA) is 35.5 Å². The van der Waals surface area contributed by atoms with Crippen LogP contribution in [0.1, 0.15) is 26.2 Å². The molecule has 0 spiro atoms. The third-order valence-electron chi connectivity index (χ3n) is 1.74. The lowest BCUT2D eigenvalue weighted by molar-refractivity contribution is -0.0554. The minimum Gasteiger partial charge on any atom is -0.320 e. The fraction of sp³-hybridized carbons (Fsp3) is 0.778. The van der Waals surface area contributed by atoms with Crippen LogP contribution in [0.3, 0.4) is 0 Å². The van der Waals surface area contributed by atoms with Crippen molar-refractivity contribution in [2.45, 2.75) is 26.2 Å². The summed E-state index contributed by atoms with van der Waals surface area (Å²) < 4.78 is 0. The van der Waals surface area contributed by atoms with Crippen LogP contribution >= 0.6 is 0 Å². The largest absolute Gasteiger partial charge is 0.320 e. The van der Waals surface area contributed by atoms with E-state index in [9.17, 15) is 5.21 Å². The number of nitrogens with one attached hydrogen (secondary N) is 1. The maximum absolute atomic E-state index is 9.20. The summed E-state index contributed by atoms with van der Waals surface area (Å²) in [4.78, 5) is 0. The standard InChI is InChI=1S/C9H20N2O/c1-9(2)11(12)8-6-4-5-7-10-3/h10,12H,1,4-8H2,2-3H3. The molecule has 0 unspecified atom stereocenters. The third kappa shape index (κ3) is 6.19. The Bertz CT molecular complexity index is 126. The van der Waals surface area contributed by atoms with Gasteiger partial charge in [-0.25, -0.2) is 0 Å². The van der Waals surface area contributed by atoms with Gasteiger partial charge in [0.05, 0.1) is 0 Å². The first-order chi connectivity index (χ1) is 5.68. The molecule has 0 aliphatic heterocycles. The van der Waals surface area contributed by atoms with Crippen molar-refractivity contribution in [3.05, 3.63) is 12.3 Å². The van der Waals surface area contributed by atoms with Gasteiger partial charge in [-0.1, -0.05) is 13.0 Å². The molecule has 12 heavy (non-hydrogen) atoms. The molecule has 0 saturated heterocycles. The second-order valence-electron chi connectivity index (χ2n) is 3.02. The van der Waals surface area contributed by atoms with Gasteiger partial charge >= 0.3 is 0 Å². The number of rotatable bonds is 7. The van der Waals surface area contributed by atoms with Crippen LogP contribution < -0.4 is 5.32 Å². The SMILES string of the molecule is C=C(C)N(O)CCCCCNC. The summed E-state index contributed by atoms with van der Waals surface area (Å²) in [5.41, 5.74) is 0.712. The molecule has 0 aromatic rings. The highest BCUT2D eigenvalue weighted by atomic mass is 16.5. The molecule has 2 N–H and O–H groups in total. The van der Waals surface area contributed by atoms with E-state index in [2.05, 4.69) is 11.9 Å². The Hall–Kier alpha value is -0.540. The Morgan fingerprint density at radius 2 is 2.08 bits per heavy atom. The average molecular weight is 172 g/mol. The molecule has 0 bridgehead atoms. The van der Waals surface area contributed by atoms with Crippen molar-refractivity contribution in [2.75, 3.05) is 20.1 Å². The normalized spacial score (nSPS) is 9.92. The summed E-state index contributed by atoms with van der Waals surface area (Å²) in [6.45, 7) is 7.18. The monoisotopic (exact) mass is 172 g/mol. The zero-order valence-corrected chi connectivity index (χ0v) is 8.14. The first kappa shape index (κ1) is 11.5. The number of nitrogens with zero attached hydrogens (tertiary/aromatic N) is 1. The molecular weight excluding hydrogens is 152 g/mol. The molecule has 0 atom stereocenters. The van der Waals surface area contributed by atoms with Crippen LogP contribution in [0.2, 0.25) is 0 Å². The molecule has 0 heterocycles. The van der Waals surface area contributed by atoms with Gasteiger partial charge in [0.25, 0.3) is 0 Å². The number of hydrogen-bond acceptors (Lipinski definition) is 3. The Labute approximate surface area is 75.0 Å². The molecule has 0 rings (SSSR count). The molecule has 0 aromatic heterocycles. The summed E-state index contributed by atoms with van der Waals surface area (Å²) in [6, 6.07) is 0. The van der Waals surface area contributed by atoms with Crippen LogP contribution in [0.5, 0.6) is 0 Å². The van der Waals surface area contributed by atoms with E-state index in [-0.39, 0.29) is 0 Å². The number of unbranched alkanes of at least 4 members (excludes halogenated alkanes) is 2. The quantitative estimate of drug-likeness (QED) is 0.452. The molecule has 3 nitrogen and oxygen atoms in total. The van der Waals surface area contributed by atoms with E-state index in [1.54, 1.807) is 6.92 Å². The number of hydroxylamine groups is 2. The van der Waals surface area contributed by atoms with Crippen LogP contribution in [0.4, 0.5) is 0 Å². The smallest absolute Gasteiger partial charge is 0.0449 e. The summed E-state index contributed by atoms with van der Waals surface area (Å²) in [5.74, 6) is 0. The predicted octanol–water partition coefficient (Wildman–Crippen LogP) is 1.60. The van der Waals surface area contributed by atoms with E-state index in [1.165, 1.54) is 11.5 Å². The second-order valence-corrected chi connectivity index (χ2v) is 3.02. The summed E-state index contributed by atoms with van der Waals surface area (Å²) in [7, 11) is 1.95. The Kier molecular flexibility index (Phi) is 6.81. The van der Waals surface area contributed by atoms with Crippen LogP contribution in [0.25, 0.3) is 0 Å². The van der Waals surface area contributed by atoms with Crippen molar-refractivity contribution in [3.63, 3.8) is 0 Å². The third-order valence-corrected chi connectivity index (χ3v) is 1.74. The average Bonchev–Trinajstić information content (AvgIpc) is 2.03. The van der Waals surface area contributed by atoms with E-state index in [0.717, 1.165) is 19.4 Å². The molecule has 0 aliphatic carbocycles. The number of hydrogen-bond donors (Lipinski definition) is 2. The van der Waals surface area contributed by atoms with Crippen molar-refractivity contribution >= 4 is 0 Å². The maximum Gasteiger partial charge on any atom is 0.0449 e. The fourth-order valence-corrected chi connectivity index (χ4v) is 0.931. The minimum atomic E-state index is 0.693. The lowest BCUT2D eigenvalue weighted by Crippen LogP contribution is -2.17. The van der Waals surface area contributed by atoms with Crippen LogP contribution in [-0.2, 0) is 0 Å². The van der Waals surface area contributed by atoms with Crippen molar-refractivity contribution in [3.8, 4) is 0 Å². The minimum absolute atomic E-state index is 0.693. The van der Waals surface area contributed by atoms with Gasteiger partial charge < -0.3 is 5.32 Å². The summed E-state index contributed by atoms with van der Waals surface area (Å²) >= 11 is 0. The first-order valence-corrected chi connectivity index (χ1v) is 4.45. The first-order valence-electron chi connectivity index (χ1n) is 4.45. The van der Waals surface area contributed by atoms with E-state index in [0.29, 0.717) is 12.2 Å². The predicted molar refractivity (Wildman–Crippen MR) is 51.1 cm³/mol. The highest BCUT2D eigenvalue weighted by Gasteiger charge is 1.97.